The lowest BCUT2D eigenvalue weighted by atomic mass is 9.77. The molecule has 0 bridgehead atoms. The van der Waals surface area contributed by atoms with E-state index in [0.29, 0.717) is 6.42 Å². The van der Waals surface area contributed by atoms with Crippen LogP contribution in [0.5, 0.6) is 0 Å². The Morgan fingerprint density at radius 1 is 0.914 bits per heavy atom. The molecule has 0 aromatic heterocycles. The van der Waals surface area contributed by atoms with Gasteiger partial charge in [0.25, 0.3) is 0 Å². The van der Waals surface area contributed by atoms with Crippen molar-refractivity contribution >= 4 is 25.1 Å². The summed E-state index contributed by atoms with van der Waals surface area (Å²) >= 11 is 2.16. The lowest BCUT2D eigenvalue weighted by Crippen LogP contribution is -2.19. The molecule has 6 nitrogen and oxygen atoms in total. The van der Waals surface area contributed by atoms with Crippen LogP contribution in [0.4, 0.5) is 4.79 Å². The van der Waals surface area contributed by atoms with Crippen molar-refractivity contribution in [3.05, 3.63) is 0 Å². The molecule has 0 aromatic carbocycles. The van der Waals surface area contributed by atoms with Gasteiger partial charge in [-0.2, -0.15) is 11.8 Å². The third kappa shape index (κ3) is 15.7. The molecule has 0 saturated heterocycles. The Hall–Kier alpha value is -0.0700. The first-order valence-electron chi connectivity index (χ1n) is 14.3. The molecular formula is C27H53O6PS. The third-order valence-corrected chi connectivity index (χ3v) is 9.41. The highest BCUT2D eigenvalue weighted by atomic mass is 32.2. The molecule has 1 rings (SSSR count). The topological polar surface area (TPSA) is 82.1 Å². The van der Waals surface area contributed by atoms with Gasteiger partial charge in [-0.25, -0.2) is 14.2 Å². The van der Waals surface area contributed by atoms with Gasteiger partial charge in [0.2, 0.25) is 0 Å². The monoisotopic (exact) mass is 536 g/mol. The highest BCUT2D eigenvalue weighted by Crippen LogP contribution is 2.49. The first-order chi connectivity index (χ1) is 16.9. The standard InChI is InChI=1S/C27H53O6PS/c1-4-6-17-26(25-18-13-11-14-19-25)20-23-35-22-15-10-8-7-9-12-16-24(3)32-33-34(30,27(28)29)31-21-5-2/h24-26H,4-23H2,1-3H3,(H,28,29). The average Bonchev–Trinajstić information content (AvgIpc) is 2.86. The molecule has 0 heterocycles. The molecule has 0 aliphatic heterocycles. The van der Waals surface area contributed by atoms with Gasteiger partial charge in [-0.05, 0) is 55.9 Å². The van der Waals surface area contributed by atoms with E-state index in [2.05, 4.69) is 18.7 Å². The molecule has 8 heteroatoms. The van der Waals surface area contributed by atoms with Crippen molar-refractivity contribution in [2.24, 2.45) is 11.8 Å². The maximum absolute atomic E-state index is 12.1. The van der Waals surface area contributed by atoms with E-state index >= 15 is 0 Å². The molecule has 1 N–H and O–H groups in total. The van der Waals surface area contributed by atoms with Gasteiger partial charge in [0.15, 0.2) is 0 Å². The zero-order valence-corrected chi connectivity index (χ0v) is 24.4. The van der Waals surface area contributed by atoms with E-state index in [1.54, 1.807) is 13.8 Å². The minimum Gasteiger partial charge on any atom is -0.472 e. The summed E-state index contributed by atoms with van der Waals surface area (Å²) < 4.78 is 21.6. The van der Waals surface area contributed by atoms with Crippen LogP contribution in [0.25, 0.3) is 0 Å². The van der Waals surface area contributed by atoms with Crippen molar-refractivity contribution < 1.29 is 28.6 Å². The Labute approximate surface area is 219 Å². The van der Waals surface area contributed by atoms with Gasteiger partial charge in [0.05, 0.1) is 12.7 Å². The largest absolute Gasteiger partial charge is 0.472 e. The fourth-order valence-corrected chi connectivity index (χ4v) is 6.85. The van der Waals surface area contributed by atoms with E-state index in [9.17, 15) is 9.36 Å². The highest BCUT2D eigenvalue weighted by molar-refractivity contribution is 7.99. The van der Waals surface area contributed by atoms with Gasteiger partial charge in [-0.1, -0.05) is 97.3 Å². The molecule has 1 fully saturated rings. The predicted octanol–water partition coefficient (Wildman–Crippen LogP) is 9.86. The average molecular weight is 537 g/mol. The van der Waals surface area contributed by atoms with Gasteiger partial charge >= 0.3 is 13.3 Å². The Morgan fingerprint density at radius 2 is 1.60 bits per heavy atom. The molecule has 0 aromatic rings. The van der Waals surface area contributed by atoms with Crippen molar-refractivity contribution in [3.8, 4) is 0 Å². The van der Waals surface area contributed by atoms with E-state index in [1.807, 2.05) is 0 Å². The van der Waals surface area contributed by atoms with Crippen LogP contribution >= 0.6 is 19.4 Å². The van der Waals surface area contributed by atoms with Crippen LogP contribution in [0.2, 0.25) is 0 Å². The molecule has 0 amide bonds. The normalized spacial score (nSPS) is 18.3. The number of hydrogen-bond acceptors (Lipinski definition) is 6. The molecule has 208 valence electrons. The smallest absolute Gasteiger partial charge is 0.464 e. The number of unbranched alkanes of at least 4 members (excludes halogenated alkanes) is 6. The Kier molecular flexibility index (Phi) is 19.7. The van der Waals surface area contributed by atoms with Crippen LogP contribution in [0, 0.1) is 11.8 Å². The summed E-state index contributed by atoms with van der Waals surface area (Å²) in [6, 6.07) is 0. The molecular weight excluding hydrogens is 483 g/mol. The fraction of sp³-hybridized carbons (Fsp3) is 0.963. The van der Waals surface area contributed by atoms with Crippen LogP contribution in [0.3, 0.4) is 0 Å². The van der Waals surface area contributed by atoms with E-state index in [-0.39, 0.29) is 12.7 Å². The van der Waals surface area contributed by atoms with E-state index < -0.39 is 13.3 Å². The second-order valence-electron chi connectivity index (χ2n) is 10.2. The molecule has 1 aliphatic rings. The van der Waals surface area contributed by atoms with Gasteiger partial charge in [0.1, 0.15) is 0 Å². The number of carbonyl (C=O) groups is 1. The Bertz CT molecular complexity index is 570. The number of carboxylic acid groups (broad SMARTS) is 1. The first-order valence-corrected chi connectivity index (χ1v) is 17.0. The van der Waals surface area contributed by atoms with Gasteiger partial charge < -0.3 is 5.11 Å². The van der Waals surface area contributed by atoms with Crippen LogP contribution in [0.1, 0.15) is 130 Å². The van der Waals surface area contributed by atoms with E-state index in [0.717, 1.165) is 31.1 Å². The summed E-state index contributed by atoms with van der Waals surface area (Å²) in [5.74, 6) is 4.60. The van der Waals surface area contributed by atoms with Crippen LogP contribution in [-0.4, -0.2) is 35.0 Å². The second-order valence-corrected chi connectivity index (χ2v) is 13.2. The quantitative estimate of drug-likeness (QED) is 0.0602. The highest BCUT2D eigenvalue weighted by Gasteiger charge is 2.37. The molecule has 1 aliphatic carbocycles. The van der Waals surface area contributed by atoms with Crippen molar-refractivity contribution in [2.45, 2.75) is 136 Å². The lowest BCUT2D eigenvalue weighted by molar-refractivity contribution is -0.247. The van der Waals surface area contributed by atoms with E-state index in [1.165, 1.54) is 95.0 Å². The van der Waals surface area contributed by atoms with Crippen molar-refractivity contribution in [3.63, 3.8) is 0 Å². The SMILES string of the molecule is CCCCC(CCSCCCCCCCCC(C)OOP(=O)(OCCC)C(=O)O)C1CCCCC1. The van der Waals surface area contributed by atoms with Gasteiger partial charge in [-0.3, -0.25) is 4.52 Å². The van der Waals surface area contributed by atoms with Crippen LogP contribution in [0.15, 0.2) is 0 Å². The summed E-state index contributed by atoms with van der Waals surface area (Å²) in [4.78, 5) is 16.2. The van der Waals surface area contributed by atoms with Crippen molar-refractivity contribution in [1.29, 1.82) is 0 Å². The molecule has 3 atom stereocenters. The van der Waals surface area contributed by atoms with Gasteiger partial charge in [-0.15, -0.1) is 4.67 Å². The summed E-state index contributed by atoms with van der Waals surface area (Å²) in [5, 5.41) is 9.05. The Morgan fingerprint density at radius 3 is 2.26 bits per heavy atom. The molecule has 0 radical (unpaired) electrons. The summed E-state index contributed by atoms with van der Waals surface area (Å²) in [6.07, 6.45) is 21.1. The third-order valence-electron chi connectivity index (χ3n) is 7.03. The number of thioether (sulfide) groups is 1. The maximum Gasteiger partial charge on any atom is 0.464 e. The van der Waals surface area contributed by atoms with Gasteiger partial charge in [0, 0.05) is 0 Å². The molecule has 35 heavy (non-hydrogen) atoms. The summed E-state index contributed by atoms with van der Waals surface area (Å²) in [7, 11) is -4.25. The number of rotatable bonds is 23. The minimum atomic E-state index is -4.25. The maximum atomic E-state index is 12.1. The second kappa shape index (κ2) is 20.9. The van der Waals surface area contributed by atoms with Crippen molar-refractivity contribution in [2.75, 3.05) is 18.1 Å². The lowest BCUT2D eigenvalue weighted by Gasteiger charge is -2.30. The molecule has 1 saturated carbocycles. The Balaban J connectivity index is 2.01. The number of hydrogen-bond donors (Lipinski definition) is 1. The van der Waals surface area contributed by atoms with E-state index in [4.69, 9.17) is 19.2 Å². The zero-order chi connectivity index (χ0) is 25.8. The first kappa shape index (κ1) is 33.0. The minimum absolute atomic E-state index is 0.0553. The zero-order valence-electron chi connectivity index (χ0n) is 22.7. The molecule has 0 spiro atoms. The summed E-state index contributed by atoms with van der Waals surface area (Å²) in [5.41, 5.74) is -1.61. The molecule has 3 unspecified atom stereocenters. The summed E-state index contributed by atoms with van der Waals surface area (Å²) in [6.45, 7) is 5.97. The predicted molar refractivity (Wildman–Crippen MR) is 147 cm³/mol. The fourth-order valence-electron chi connectivity index (χ4n) is 4.87. The van der Waals surface area contributed by atoms with Crippen molar-refractivity contribution in [1.82, 2.24) is 0 Å². The van der Waals surface area contributed by atoms with Crippen LogP contribution < -0.4 is 0 Å². The van der Waals surface area contributed by atoms with Crippen LogP contribution in [-0.2, 0) is 18.7 Å².